The molecule has 2 aromatic heterocycles. The molecule has 5 rings (SSSR count). The summed E-state index contributed by atoms with van der Waals surface area (Å²) in [4.78, 5) is 50.9. The molecule has 13 heteroatoms. The summed E-state index contributed by atoms with van der Waals surface area (Å²) in [5.74, 6) is 0.180. The number of alkyl carbamates (subject to hydrolysis) is 1. The molecular weight excluding hydrogens is 566 g/mol. The van der Waals surface area contributed by atoms with Crippen LogP contribution in [0.15, 0.2) is 30.5 Å². The molecule has 44 heavy (non-hydrogen) atoms. The number of ether oxygens (including phenoxy) is 3. The van der Waals surface area contributed by atoms with Crippen molar-refractivity contribution in [2.75, 3.05) is 51.4 Å². The minimum Gasteiger partial charge on any atom is -0.469 e. The van der Waals surface area contributed by atoms with E-state index in [1.165, 1.54) is 7.11 Å². The third-order valence-corrected chi connectivity index (χ3v) is 7.77. The average molecular weight is 608 g/mol. The van der Waals surface area contributed by atoms with E-state index in [1.807, 2.05) is 28.9 Å². The number of amides is 2. The Morgan fingerprint density at radius 3 is 2.36 bits per heavy atom. The van der Waals surface area contributed by atoms with Gasteiger partial charge in [-0.15, -0.1) is 0 Å². The zero-order chi connectivity index (χ0) is 31.4. The number of hydrogen-bond acceptors (Lipinski definition) is 10. The normalized spacial score (nSPS) is 16.9. The second kappa shape index (κ2) is 13.2. The molecular formula is C31H41N7O6. The topological polar surface area (TPSA) is 141 Å². The summed E-state index contributed by atoms with van der Waals surface area (Å²) in [6, 6.07) is 7.06. The second-order valence-electron chi connectivity index (χ2n) is 12.2. The van der Waals surface area contributed by atoms with Crippen LogP contribution < -0.4 is 10.2 Å². The Hall–Kier alpha value is -4.26. The first-order valence-electron chi connectivity index (χ1n) is 15.0. The minimum atomic E-state index is -0.697. The maximum Gasteiger partial charge on any atom is 0.408 e. The number of likely N-dealkylation sites (tertiary alicyclic amines) is 1. The van der Waals surface area contributed by atoms with Crippen molar-refractivity contribution < 1.29 is 28.6 Å². The number of fused-ring (bicyclic) bond motifs is 1. The van der Waals surface area contributed by atoms with Gasteiger partial charge < -0.3 is 29.3 Å². The summed E-state index contributed by atoms with van der Waals surface area (Å²) in [6.07, 6.45) is 2.78. The van der Waals surface area contributed by atoms with E-state index in [2.05, 4.69) is 10.2 Å². The summed E-state index contributed by atoms with van der Waals surface area (Å²) < 4.78 is 17.6. The van der Waals surface area contributed by atoms with Gasteiger partial charge in [0.1, 0.15) is 11.6 Å². The number of morpholine rings is 1. The van der Waals surface area contributed by atoms with Gasteiger partial charge in [-0.25, -0.2) is 14.5 Å². The number of anilines is 1. The van der Waals surface area contributed by atoms with Crippen molar-refractivity contribution in [1.82, 2.24) is 30.0 Å². The van der Waals surface area contributed by atoms with E-state index < -0.39 is 17.7 Å². The van der Waals surface area contributed by atoms with Gasteiger partial charge >= 0.3 is 12.1 Å². The molecule has 1 atom stereocenters. The Kier molecular flexibility index (Phi) is 9.33. The summed E-state index contributed by atoms with van der Waals surface area (Å²) in [7, 11) is 1.38. The van der Waals surface area contributed by atoms with Gasteiger partial charge in [0.15, 0.2) is 5.65 Å². The lowest BCUT2D eigenvalue weighted by molar-refractivity contribution is -0.139. The maximum absolute atomic E-state index is 13.1. The molecule has 0 bridgehead atoms. The zero-order valence-electron chi connectivity index (χ0n) is 26.0. The van der Waals surface area contributed by atoms with Gasteiger partial charge in [0.25, 0.3) is 0 Å². The molecule has 0 spiro atoms. The van der Waals surface area contributed by atoms with Gasteiger partial charge in [0, 0.05) is 31.7 Å². The van der Waals surface area contributed by atoms with Crippen LogP contribution in [-0.4, -0.2) is 101 Å². The Balaban J connectivity index is 1.36. The average Bonchev–Trinajstić information content (AvgIpc) is 3.44. The van der Waals surface area contributed by atoms with Crippen LogP contribution in [0.25, 0.3) is 22.3 Å². The molecule has 4 heterocycles. The van der Waals surface area contributed by atoms with Crippen molar-refractivity contribution in [2.45, 2.75) is 64.6 Å². The van der Waals surface area contributed by atoms with Gasteiger partial charge in [-0.3, -0.25) is 9.59 Å². The minimum absolute atomic E-state index is 0.0355. The summed E-state index contributed by atoms with van der Waals surface area (Å²) in [6.45, 7) is 10.7. The van der Waals surface area contributed by atoms with Crippen molar-refractivity contribution in [1.29, 1.82) is 0 Å². The highest BCUT2D eigenvalue weighted by molar-refractivity contribution is 5.91. The zero-order valence-corrected chi connectivity index (χ0v) is 26.0. The number of nitrogens with zero attached hydrogens (tertiary/aromatic N) is 6. The fourth-order valence-electron chi connectivity index (χ4n) is 5.48. The Labute approximate surface area is 256 Å². The van der Waals surface area contributed by atoms with Crippen molar-refractivity contribution in [3.8, 4) is 11.3 Å². The fraction of sp³-hybridized carbons (Fsp3) is 0.548. The number of methoxy groups -OCH3 is 1. The van der Waals surface area contributed by atoms with Crippen LogP contribution in [0.2, 0.25) is 0 Å². The largest absolute Gasteiger partial charge is 0.469 e. The van der Waals surface area contributed by atoms with Crippen LogP contribution in [0, 0.1) is 0 Å². The van der Waals surface area contributed by atoms with Gasteiger partial charge in [-0.1, -0.05) is 24.3 Å². The first-order valence-corrected chi connectivity index (χ1v) is 15.0. The molecule has 2 amide bonds. The summed E-state index contributed by atoms with van der Waals surface area (Å²) in [5.41, 5.74) is 2.61. The fourth-order valence-corrected chi connectivity index (χ4v) is 5.48. The number of carbonyl (C=O) groups excluding carboxylic acids is 3. The van der Waals surface area contributed by atoms with Gasteiger partial charge in [-0.05, 0) is 46.1 Å². The quantitative estimate of drug-likeness (QED) is 0.398. The summed E-state index contributed by atoms with van der Waals surface area (Å²) >= 11 is 0. The van der Waals surface area contributed by atoms with E-state index in [9.17, 15) is 14.4 Å². The molecule has 1 N–H and O–H groups in total. The number of esters is 1. The number of piperidine rings is 1. The Bertz CT molecular complexity index is 1490. The predicted molar refractivity (Wildman–Crippen MR) is 163 cm³/mol. The summed E-state index contributed by atoms with van der Waals surface area (Å²) in [5, 5.41) is 8.25. The molecule has 2 aliphatic rings. The molecule has 1 aromatic carbocycles. The molecule has 2 aliphatic heterocycles. The van der Waals surface area contributed by atoms with Gasteiger partial charge in [0.2, 0.25) is 11.9 Å². The Morgan fingerprint density at radius 2 is 1.73 bits per heavy atom. The van der Waals surface area contributed by atoms with Crippen molar-refractivity contribution in [2.24, 2.45) is 0 Å². The number of carbonyl (C=O) groups is 3. The van der Waals surface area contributed by atoms with E-state index in [1.54, 1.807) is 38.8 Å². The van der Waals surface area contributed by atoms with Crippen molar-refractivity contribution in [3.05, 3.63) is 36.0 Å². The van der Waals surface area contributed by atoms with Gasteiger partial charge in [-0.2, -0.15) is 10.1 Å². The molecule has 3 aromatic rings. The number of benzene rings is 1. The lowest BCUT2D eigenvalue weighted by Gasteiger charge is -2.34. The van der Waals surface area contributed by atoms with E-state index in [0.29, 0.717) is 58.2 Å². The first kappa shape index (κ1) is 31.2. The number of rotatable bonds is 7. The predicted octanol–water partition coefficient (Wildman–Crippen LogP) is 3.12. The second-order valence-corrected chi connectivity index (χ2v) is 12.2. The maximum atomic E-state index is 13.1. The third-order valence-electron chi connectivity index (χ3n) is 7.77. The molecule has 0 aliphatic carbocycles. The monoisotopic (exact) mass is 607 g/mol. The molecule has 0 saturated carbocycles. The number of hydrogen-bond donors (Lipinski definition) is 1. The van der Waals surface area contributed by atoms with Crippen LogP contribution in [0.4, 0.5) is 10.7 Å². The van der Waals surface area contributed by atoms with Crippen LogP contribution in [0.1, 0.15) is 52.1 Å². The van der Waals surface area contributed by atoms with Gasteiger partial charge in [0.05, 0.1) is 50.1 Å². The van der Waals surface area contributed by atoms with E-state index in [-0.39, 0.29) is 24.3 Å². The van der Waals surface area contributed by atoms with Crippen molar-refractivity contribution >= 4 is 35.0 Å². The molecule has 236 valence electrons. The van der Waals surface area contributed by atoms with Crippen LogP contribution in [-0.2, 0) is 30.2 Å². The number of nitrogens with one attached hydrogen (secondary N) is 1. The Morgan fingerprint density at radius 1 is 1.05 bits per heavy atom. The molecule has 0 radical (unpaired) electrons. The molecule has 0 unspecified atom stereocenters. The van der Waals surface area contributed by atoms with Crippen LogP contribution in [0.3, 0.4) is 0 Å². The lowest BCUT2D eigenvalue weighted by Crippen LogP contribution is -2.50. The standard InChI is InChI=1S/C31H41N7O6/c1-20(33-30(41)44-31(2,3)4)28(40)36-12-10-23(11-13-36)38-27-24(19-32-38)26(34-29(35-27)37-14-16-43-17-15-37)22-8-6-21(7-9-22)18-25(39)42-5/h6-9,19-20,23H,10-18H2,1-5H3,(H,33,41)/t20-/m0/s1. The highest BCUT2D eigenvalue weighted by Crippen LogP contribution is 2.32. The SMILES string of the molecule is COC(=O)Cc1ccc(-c2nc(N3CCOCC3)nc3c2cnn3C2CCN(C(=O)[C@H](C)NC(=O)OC(C)(C)C)CC2)cc1. The molecule has 2 fully saturated rings. The third kappa shape index (κ3) is 7.26. The van der Waals surface area contributed by atoms with E-state index in [4.69, 9.17) is 29.3 Å². The first-order chi connectivity index (χ1) is 21.0. The van der Waals surface area contributed by atoms with Crippen LogP contribution in [0.5, 0.6) is 0 Å². The smallest absolute Gasteiger partial charge is 0.408 e. The van der Waals surface area contributed by atoms with Crippen LogP contribution >= 0.6 is 0 Å². The molecule has 13 nitrogen and oxygen atoms in total. The van der Waals surface area contributed by atoms with E-state index in [0.717, 1.165) is 27.9 Å². The van der Waals surface area contributed by atoms with Crippen molar-refractivity contribution in [3.63, 3.8) is 0 Å². The lowest BCUT2D eigenvalue weighted by atomic mass is 10.0. The highest BCUT2D eigenvalue weighted by atomic mass is 16.6. The molecule has 2 saturated heterocycles. The number of aromatic nitrogens is 4. The van der Waals surface area contributed by atoms with E-state index >= 15 is 0 Å². The highest BCUT2D eigenvalue weighted by Gasteiger charge is 2.30.